The number of carbonyl (C=O) groups excluding carboxylic acids is 1. The van der Waals surface area contributed by atoms with Crippen LogP contribution in [0.1, 0.15) is 27.2 Å². The van der Waals surface area contributed by atoms with Gasteiger partial charge >= 0.3 is 6.09 Å². The van der Waals surface area contributed by atoms with Crippen LogP contribution in [0.4, 0.5) is 20.6 Å². The molecule has 0 aromatic heterocycles. The van der Waals surface area contributed by atoms with Crippen molar-refractivity contribution in [3.63, 3.8) is 0 Å². The zero-order chi connectivity index (χ0) is 20.0. The van der Waals surface area contributed by atoms with E-state index in [4.69, 9.17) is 10.00 Å². The van der Waals surface area contributed by atoms with E-state index in [1.54, 1.807) is 39.2 Å². The maximum Gasteiger partial charge on any atom is 0.407 e. The number of nitrogens with zero attached hydrogens (tertiary/aromatic N) is 3. The van der Waals surface area contributed by atoms with Crippen LogP contribution in [0, 0.1) is 17.3 Å². The molecule has 1 unspecified atom stereocenters. The van der Waals surface area contributed by atoms with Gasteiger partial charge in [0.2, 0.25) is 0 Å². The largest absolute Gasteiger partial charge is 0.444 e. The van der Waals surface area contributed by atoms with Crippen molar-refractivity contribution in [3.8, 4) is 6.19 Å². The van der Waals surface area contributed by atoms with Crippen molar-refractivity contribution in [2.24, 2.45) is 4.99 Å². The molecule has 0 radical (unpaired) electrons. The number of nitrogens with one attached hydrogen (secondary N) is 2. The molecule has 27 heavy (non-hydrogen) atoms. The van der Waals surface area contributed by atoms with E-state index in [1.807, 2.05) is 11.1 Å². The third kappa shape index (κ3) is 6.03. The van der Waals surface area contributed by atoms with Crippen LogP contribution < -0.4 is 15.5 Å². The second-order valence-electron chi connectivity index (χ2n) is 7.04. The summed E-state index contributed by atoms with van der Waals surface area (Å²) in [5.41, 5.74) is 0.217. The van der Waals surface area contributed by atoms with Crippen LogP contribution in [0.25, 0.3) is 0 Å². The van der Waals surface area contributed by atoms with Crippen LogP contribution in [0.3, 0.4) is 0 Å². The molecule has 1 atom stereocenters. The lowest BCUT2D eigenvalue weighted by Crippen LogP contribution is -2.40. The number of halogens is 1. The fraction of sp³-hybridized carbons (Fsp3) is 0.500. The summed E-state index contributed by atoms with van der Waals surface area (Å²) in [6.07, 6.45) is 3.78. The van der Waals surface area contributed by atoms with Gasteiger partial charge in [-0.05, 0) is 45.6 Å². The molecule has 0 bridgehead atoms. The molecule has 1 fully saturated rings. The van der Waals surface area contributed by atoms with E-state index in [-0.39, 0.29) is 6.04 Å². The zero-order valence-electron chi connectivity index (χ0n) is 15.9. The summed E-state index contributed by atoms with van der Waals surface area (Å²) in [4.78, 5) is 18.2. The van der Waals surface area contributed by atoms with Gasteiger partial charge in [0.1, 0.15) is 11.4 Å². The van der Waals surface area contributed by atoms with Crippen LogP contribution in [0.5, 0.6) is 0 Å². The summed E-state index contributed by atoms with van der Waals surface area (Å²) in [7, 11) is 0. The monoisotopic (exact) mass is 393 g/mol. The number of nitriles is 1. The van der Waals surface area contributed by atoms with Gasteiger partial charge in [-0.15, -0.1) is 0 Å². The fourth-order valence-corrected chi connectivity index (χ4v) is 3.08. The van der Waals surface area contributed by atoms with Gasteiger partial charge in [0, 0.05) is 13.1 Å². The quantitative estimate of drug-likeness (QED) is 0.354. The summed E-state index contributed by atoms with van der Waals surface area (Å²) >= 11 is 1.26. The minimum Gasteiger partial charge on any atom is -0.444 e. The number of carbonyl (C=O) groups is 1. The van der Waals surface area contributed by atoms with Gasteiger partial charge in [0.05, 0.1) is 17.4 Å². The van der Waals surface area contributed by atoms with E-state index in [0.29, 0.717) is 36.1 Å². The number of amidine groups is 1. The molecule has 1 aromatic rings. The Morgan fingerprint density at radius 1 is 1.48 bits per heavy atom. The SMILES string of the molecule is CSC(=Nc1cccc(F)c1N1CCC(NC(=O)OC(C)(C)C)C1)NC#N. The zero-order valence-corrected chi connectivity index (χ0v) is 16.7. The van der Waals surface area contributed by atoms with Crippen LogP contribution >= 0.6 is 11.8 Å². The third-order valence-electron chi connectivity index (χ3n) is 3.77. The molecule has 1 saturated heterocycles. The Morgan fingerprint density at radius 2 is 2.22 bits per heavy atom. The van der Waals surface area contributed by atoms with Gasteiger partial charge in [-0.1, -0.05) is 17.8 Å². The molecule has 2 rings (SSSR count). The molecule has 1 aromatic carbocycles. The van der Waals surface area contributed by atoms with E-state index in [2.05, 4.69) is 15.6 Å². The average molecular weight is 393 g/mol. The van der Waals surface area contributed by atoms with Crippen molar-refractivity contribution in [1.29, 1.82) is 5.26 Å². The van der Waals surface area contributed by atoms with Crippen LogP contribution in [0.2, 0.25) is 0 Å². The van der Waals surface area contributed by atoms with E-state index in [0.717, 1.165) is 0 Å². The predicted molar refractivity (Wildman–Crippen MR) is 106 cm³/mol. The van der Waals surface area contributed by atoms with Gasteiger partial charge in [0.25, 0.3) is 0 Å². The standard InChI is InChI=1S/C18H24FN5O2S/c1-18(2,3)26-17(25)22-12-8-9-24(10-12)15-13(19)6-5-7-14(15)23-16(27-4)21-11-20/h5-7,12H,8-10H2,1-4H3,(H,21,23)(H,22,25). The molecule has 2 N–H and O–H groups in total. The van der Waals surface area contributed by atoms with E-state index >= 15 is 0 Å². The third-order valence-corrected chi connectivity index (χ3v) is 4.35. The first-order valence-corrected chi connectivity index (χ1v) is 9.76. The van der Waals surface area contributed by atoms with Crippen molar-refractivity contribution < 1.29 is 13.9 Å². The molecule has 1 aliphatic heterocycles. The Bertz CT molecular complexity index is 757. The summed E-state index contributed by atoms with van der Waals surface area (Å²) in [5.74, 6) is -0.397. The lowest BCUT2D eigenvalue weighted by Gasteiger charge is -2.23. The predicted octanol–water partition coefficient (Wildman–Crippen LogP) is 3.35. The summed E-state index contributed by atoms with van der Waals surface area (Å²) in [6.45, 7) is 6.43. The number of hydrogen-bond donors (Lipinski definition) is 2. The van der Waals surface area contributed by atoms with Gasteiger partial charge in [-0.25, -0.2) is 14.2 Å². The topological polar surface area (TPSA) is 89.8 Å². The second kappa shape index (κ2) is 8.95. The molecule has 0 saturated carbocycles. The minimum absolute atomic E-state index is 0.145. The number of anilines is 1. The summed E-state index contributed by atoms with van der Waals surface area (Å²) < 4.78 is 19.8. The molecule has 9 heteroatoms. The smallest absolute Gasteiger partial charge is 0.407 e. The maximum atomic E-state index is 14.5. The Labute approximate surface area is 163 Å². The first kappa shape index (κ1) is 20.8. The number of para-hydroxylation sites is 1. The lowest BCUT2D eigenvalue weighted by molar-refractivity contribution is 0.0509. The maximum absolute atomic E-state index is 14.5. The van der Waals surface area contributed by atoms with Crippen LogP contribution in [-0.2, 0) is 4.74 Å². The number of alkyl carbamates (subject to hydrolysis) is 1. The second-order valence-corrected chi connectivity index (χ2v) is 7.84. The number of ether oxygens (including phenoxy) is 1. The highest BCUT2D eigenvalue weighted by Crippen LogP contribution is 2.34. The number of hydrogen-bond acceptors (Lipinski definition) is 6. The number of benzene rings is 1. The number of thioether (sulfide) groups is 1. The Morgan fingerprint density at radius 3 is 2.85 bits per heavy atom. The number of aliphatic imine (C=N–C) groups is 1. The lowest BCUT2D eigenvalue weighted by atomic mass is 10.2. The average Bonchev–Trinajstić information content (AvgIpc) is 3.00. The van der Waals surface area contributed by atoms with Crippen molar-refractivity contribution in [3.05, 3.63) is 24.0 Å². The summed E-state index contributed by atoms with van der Waals surface area (Å²) in [6, 6.07) is 4.50. The highest BCUT2D eigenvalue weighted by Gasteiger charge is 2.29. The van der Waals surface area contributed by atoms with Gasteiger partial charge in [-0.2, -0.15) is 5.26 Å². The van der Waals surface area contributed by atoms with Crippen molar-refractivity contribution >= 4 is 34.4 Å². The molecule has 0 aliphatic carbocycles. The van der Waals surface area contributed by atoms with Crippen molar-refractivity contribution in [1.82, 2.24) is 10.6 Å². The molecule has 0 spiro atoms. The van der Waals surface area contributed by atoms with Crippen molar-refractivity contribution in [2.75, 3.05) is 24.2 Å². The number of rotatable bonds is 3. The van der Waals surface area contributed by atoms with E-state index in [9.17, 15) is 9.18 Å². The van der Waals surface area contributed by atoms with Gasteiger partial charge < -0.3 is 15.0 Å². The number of amides is 1. The molecule has 1 heterocycles. The van der Waals surface area contributed by atoms with Gasteiger partial charge in [-0.3, -0.25) is 5.32 Å². The highest BCUT2D eigenvalue weighted by atomic mass is 32.2. The Hall–Kier alpha value is -2.47. The summed E-state index contributed by atoms with van der Waals surface area (Å²) in [5, 5.41) is 14.5. The van der Waals surface area contributed by atoms with E-state index < -0.39 is 17.5 Å². The van der Waals surface area contributed by atoms with Crippen LogP contribution in [0.15, 0.2) is 23.2 Å². The molecule has 146 valence electrons. The van der Waals surface area contributed by atoms with Gasteiger partial charge in [0.15, 0.2) is 11.4 Å². The fourth-order valence-electron chi connectivity index (χ4n) is 2.74. The Balaban J connectivity index is 2.15. The first-order chi connectivity index (χ1) is 12.7. The van der Waals surface area contributed by atoms with Crippen LogP contribution in [-0.4, -0.2) is 42.2 Å². The minimum atomic E-state index is -0.572. The molecule has 1 aliphatic rings. The Kier molecular flexibility index (Phi) is 6.91. The highest BCUT2D eigenvalue weighted by molar-refractivity contribution is 8.13. The first-order valence-electron chi connectivity index (χ1n) is 8.54. The van der Waals surface area contributed by atoms with E-state index in [1.165, 1.54) is 17.8 Å². The molecular weight excluding hydrogens is 369 g/mol. The molecule has 7 nitrogen and oxygen atoms in total. The molecular formula is C18H24FN5O2S. The molecule has 1 amide bonds. The van der Waals surface area contributed by atoms with Crippen molar-refractivity contribution in [2.45, 2.75) is 38.8 Å². The normalized spacial score (nSPS) is 17.4.